The molecule has 0 radical (unpaired) electrons. The van der Waals surface area contributed by atoms with E-state index >= 15 is 0 Å². The number of amides is 1. The number of sulfonamides is 1. The van der Waals surface area contributed by atoms with Crippen LogP contribution in [0.15, 0.2) is 77.3 Å². The lowest BCUT2D eigenvalue weighted by Gasteiger charge is -2.23. The molecule has 0 bridgehead atoms. The zero-order valence-corrected chi connectivity index (χ0v) is 19.6. The minimum atomic E-state index is -3.48. The third kappa shape index (κ3) is 6.83. The van der Waals surface area contributed by atoms with E-state index < -0.39 is 10.0 Å². The zero-order chi connectivity index (χ0) is 22.4. The number of rotatable bonds is 8. The van der Waals surface area contributed by atoms with E-state index in [2.05, 4.69) is 21.2 Å². The first kappa shape index (κ1) is 22.8. The van der Waals surface area contributed by atoms with Crippen LogP contribution in [0.4, 0.5) is 11.4 Å². The summed E-state index contributed by atoms with van der Waals surface area (Å²) in [7, 11) is -3.48. The molecule has 8 heteroatoms. The van der Waals surface area contributed by atoms with Gasteiger partial charge in [-0.05, 0) is 61.0 Å². The van der Waals surface area contributed by atoms with Crippen LogP contribution < -0.4 is 14.4 Å². The Bertz CT molecular complexity index is 1130. The number of aryl methyl sites for hydroxylation is 1. The molecule has 0 aliphatic carbocycles. The third-order valence-electron chi connectivity index (χ3n) is 4.47. The zero-order valence-electron chi connectivity index (χ0n) is 17.2. The van der Waals surface area contributed by atoms with Crippen LogP contribution in [0.3, 0.4) is 0 Å². The Labute approximate surface area is 191 Å². The summed E-state index contributed by atoms with van der Waals surface area (Å²) < 4.78 is 32.5. The minimum Gasteiger partial charge on any atom is -0.484 e. The molecule has 0 saturated heterocycles. The van der Waals surface area contributed by atoms with Gasteiger partial charge < -0.3 is 10.1 Å². The standard InChI is InChI=1S/C23H23BrN2O4S/c1-17-3-5-18(6-4-17)15-26(31(2,28)29)21-11-13-22(14-12-21)30-16-23(27)25-20-9-7-19(24)8-10-20/h3-14H,15-16H2,1-2H3,(H,25,27). The van der Waals surface area contributed by atoms with Gasteiger partial charge >= 0.3 is 0 Å². The summed E-state index contributed by atoms with van der Waals surface area (Å²) in [5.74, 6) is 0.182. The second kappa shape index (κ2) is 9.98. The van der Waals surface area contributed by atoms with Gasteiger partial charge in [0.25, 0.3) is 5.91 Å². The molecule has 0 atom stereocenters. The molecule has 3 aromatic carbocycles. The van der Waals surface area contributed by atoms with Gasteiger partial charge in [0, 0.05) is 10.2 Å². The molecule has 0 spiro atoms. The van der Waals surface area contributed by atoms with Crippen molar-refractivity contribution in [2.24, 2.45) is 0 Å². The number of nitrogens with zero attached hydrogens (tertiary/aromatic N) is 1. The fourth-order valence-electron chi connectivity index (χ4n) is 2.85. The molecule has 31 heavy (non-hydrogen) atoms. The average molecular weight is 503 g/mol. The van der Waals surface area contributed by atoms with Crippen molar-refractivity contribution in [3.05, 3.63) is 88.4 Å². The molecule has 0 heterocycles. The predicted octanol–water partition coefficient (Wildman–Crippen LogP) is 4.74. The van der Waals surface area contributed by atoms with Crippen molar-refractivity contribution in [1.29, 1.82) is 0 Å². The third-order valence-corrected chi connectivity index (χ3v) is 6.14. The van der Waals surface area contributed by atoms with Gasteiger partial charge in [-0.3, -0.25) is 9.10 Å². The molecule has 162 valence electrons. The van der Waals surface area contributed by atoms with Gasteiger partial charge in [0.05, 0.1) is 18.5 Å². The van der Waals surface area contributed by atoms with Crippen LogP contribution in [0.1, 0.15) is 11.1 Å². The Kier molecular flexibility index (Phi) is 7.35. The fraction of sp³-hybridized carbons (Fsp3) is 0.174. The van der Waals surface area contributed by atoms with E-state index in [4.69, 9.17) is 4.74 Å². The largest absolute Gasteiger partial charge is 0.484 e. The fourth-order valence-corrected chi connectivity index (χ4v) is 4.00. The monoisotopic (exact) mass is 502 g/mol. The topological polar surface area (TPSA) is 75.7 Å². The Morgan fingerprint density at radius 3 is 2.16 bits per heavy atom. The summed E-state index contributed by atoms with van der Waals surface area (Å²) >= 11 is 3.34. The van der Waals surface area contributed by atoms with Gasteiger partial charge in [-0.25, -0.2) is 8.42 Å². The predicted molar refractivity (Wildman–Crippen MR) is 127 cm³/mol. The quantitative estimate of drug-likeness (QED) is 0.482. The van der Waals surface area contributed by atoms with Gasteiger partial charge in [-0.1, -0.05) is 45.8 Å². The Hall–Kier alpha value is -2.84. The van der Waals surface area contributed by atoms with Gasteiger partial charge in [0.2, 0.25) is 10.0 Å². The Morgan fingerprint density at radius 2 is 1.58 bits per heavy atom. The number of ether oxygens (including phenoxy) is 1. The second-order valence-corrected chi connectivity index (χ2v) is 9.92. The molecular formula is C23H23BrN2O4S. The summed E-state index contributed by atoms with van der Waals surface area (Å²) in [6.07, 6.45) is 1.18. The molecule has 3 rings (SSSR count). The number of hydrogen-bond donors (Lipinski definition) is 1. The van der Waals surface area contributed by atoms with Gasteiger partial charge in [0.15, 0.2) is 6.61 Å². The maximum Gasteiger partial charge on any atom is 0.262 e. The van der Waals surface area contributed by atoms with E-state index in [1.807, 2.05) is 43.3 Å². The van der Waals surface area contributed by atoms with Crippen LogP contribution in [0.2, 0.25) is 0 Å². The number of nitrogens with one attached hydrogen (secondary N) is 1. The lowest BCUT2D eigenvalue weighted by atomic mass is 10.1. The van der Waals surface area contributed by atoms with Crippen molar-refractivity contribution < 1.29 is 17.9 Å². The summed E-state index contributed by atoms with van der Waals surface area (Å²) in [6, 6.07) is 21.6. The number of halogens is 1. The van der Waals surface area contributed by atoms with Crippen molar-refractivity contribution in [2.75, 3.05) is 22.5 Å². The summed E-state index contributed by atoms with van der Waals surface area (Å²) in [6.45, 7) is 2.06. The van der Waals surface area contributed by atoms with E-state index in [-0.39, 0.29) is 19.1 Å². The number of carbonyl (C=O) groups is 1. The lowest BCUT2D eigenvalue weighted by molar-refractivity contribution is -0.118. The first-order chi connectivity index (χ1) is 14.7. The molecule has 0 aliphatic rings. The number of carbonyl (C=O) groups excluding carboxylic acids is 1. The van der Waals surface area contributed by atoms with E-state index in [0.717, 1.165) is 15.6 Å². The van der Waals surface area contributed by atoms with Gasteiger partial charge in [-0.2, -0.15) is 0 Å². The van der Waals surface area contributed by atoms with Crippen LogP contribution in [-0.2, 0) is 21.4 Å². The van der Waals surface area contributed by atoms with Crippen LogP contribution in [0.5, 0.6) is 5.75 Å². The highest BCUT2D eigenvalue weighted by atomic mass is 79.9. The molecule has 1 N–H and O–H groups in total. The summed E-state index contributed by atoms with van der Waals surface area (Å²) in [4.78, 5) is 12.1. The minimum absolute atomic E-state index is 0.158. The highest BCUT2D eigenvalue weighted by molar-refractivity contribution is 9.10. The highest BCUT2D eigenvalue weighted by Gasteiger charge is 2.18. The molecule has 6 nitrogen and oxygen atoms in total. The number of benzene rings is 3. The first-order valence-corrected chi connectivity index (χ1v) is 12.2. The summed E-state index contributed by atoms with van der Waals surface area (Å²) in [5.41, 5.74) is 3.20. The van der Waals surface area contributed by atoms with E-state index in [0.29, 0.717) is 17.1 Å². The smallest absolute Gasteiger partial charge is 0.262 e. The van der Waals surface area contributed by atoms with Crippen molar-refractivity contribution in [3.8, 4) is 5.75 Å². The second-order valence-electron chi connectivity index (χ2n) is 7.09. The summed E-state index contributed by atoms with van der Waals surface area (Å²) in [5, 5.41) is 2.75. The van der Waals surface area contributed by atoms with Crippen LogP contribution in [-0.4, -0.2) is 27.2 Å². The highest BCUT2D eigenvalue weighted by Crippen LogP contribution is 2.24. The maximum atomic E-state index is 12.3. The molecule has 3 aromatic rings. The van der Waals surface area contributed by atoms with Crippen molar-refractivity contribution >= 4 is 43.2 Å². The lowest BCUT2D eigenvalue weighted by Crippen LogP contribution is -2.29. The number of anilines is 2. The molecule has 0 aliphatic heterocycles. The molecule has 0 aromatic heterocycles. The SMILES string of the molecule is Cc1ccc(CN(c2ccc(OCC(=O)Nc3ccc(Br)cc3)cc2)S(C)(=O)=O)cc1. The van der Waals surface area contributed by atoms with Crippen LogP contribution in [0.25, 0.3) is 0 Å². The number of hydrogen-bond acceptors (Lipinski definition) is 4. The van der Waals surface area contributed by atoms with Crippen LogP contribution in [0, 0.1) is 6.92 Å². The molecular weight excluding hydrogens is 480 g/mol. The maximum absolute atomic E-state index is 12.3. The van der Waals surface area contributed by atoms with Crippen LogP contribution >= 0.6 is 15.9 Å². The molecule has 0 unspecified atom stereocenters. The van der Waals surface area contributed by atoms with E-state index in [1.54, 1.807) is 36.4 Å². The Balaban J connectivity index is 1.63. The van der Waals surface area contributed by atoms with E-state index in [9.17, 15) is 13.2 Å². The van der Waals surface area contributed by atoms with Crippen molar-refractivity contribution in [3.63, 3.8) is 0 Å². The molecule has 1 amide bonds. The van der Waals surface area contributed by atoms with Crippen molar-refractivity contribution in [1.82, 2.24) is 0 Å². The molecule has 0 fully saturated rings. The Morgan fingerprint density at radius 1 is 0.968 bits per heavy atom. The van der Waals surface area contributed by atoms with E-state index in [1.165, 1.54) is 10.6 Å². The van der Waals surface area contributed by atoms with Crippen molar-refractivity contribution in [2.45, 2.75) is 13.5 Å². The molecule has 0 saturated carbocycles. The normalized spacial score (nSPS) is 11.1. The van der Waals surface area contributed by atoms with Gasteiger partial charge in [-0.15, -0.1) is 0 Å². The average Bonchev–Trinajstić information content (AvgIpc) is 2.73. The van der Waals surface area contributed by atoms with Gasteiger partial charge in [0.1, 0.15) is 5.75 Å². The first-order valence-electron chi connectivity index (χ1n) is 9.52.